The Morgan fingerprint density at radius 3 is 2.58 bits per heavy atom. The van der Waals surface area contributed by atoms with Crippen LogP contribution in [0.4, 0.5) is 0 Å². The third-order valence-corrected chi connectivity index (χ3v) is 6.90. The minimum atomic E-state index is -3.44. The fraction of sp³-hybridized carbons (Fsp3) is 0.200. The zero-order valence-electron chi connectivity index (χ0n) is 18.1. The minimum Gasteiger partial charge on any atom is -0.494 e. The number of aromatic nitrogens is 2. The summed E-state index contributed by atoms with van der Waals surface area (Å²) in [5.74, 6) is -0.699. The number of ether oxygens (including phenoxy) is 1. The molecule has 0 saturated carbocycles. The van der Waals surface area contributed by atoms with Crippen LogP contribution in [0.15, 0.2) is 72.9 Å². The standard InChI is InChI=1S/C25H24N2O5S/c1-2-32-20-10-6-9-19(15-20)24-21-16-23(25(28)29)27(22(21)11-12-26-24)13-14-33(30,31)17-18-7-4-3-5-8-18/h3-12,15-16H,2,13-14,17H2,1H3,(H,28,29). The first-order valence-electron chi connectivity index (χ1n) is 10.6. The lowest BCUT2D eigenvalue weighted by Crippen LogP contribution is -2.17. The Kier molecular flexibility index (Phi) is 6.46. The maximum absolute atomic E-state index is 12.7. The molecule has 33 heavy (non-hydrogen) atoms. The van der Waals surface area contributed by atoms with Crippen molar-refractivity contribution in [1.82, 2.24) is 9.55 Å². The lowest BCUT2D eigenvalue weighted by molar-refractivity contribution is 0.0686. The smallest absolute Gasteiger partial charge is 0.352 e. The van der Waals surface area contributed by atoms with E-state index in [0.29, 0.717) is 34.5 Å². The van der Waals surface area contributed by atoms with Gasteiger partial charge in [-0.3, -0.25) is 4.98 Å². The molecule has 0 radical (unpaired) electrons. The molecule has 0 aliphatic carbocycles. The summed E-state index contributed by atoms with van der Waals surface area (Å²) in [7, 11) is -3.44. The number of pyridine rings is 1. The molecule has 0 spiro atoms. The summed E-state index contributed by atoms with van der Waals surface area (Å²) in [5, 5.41) is 10.4. The van der Waals surface area contributed by atoms with Gasteiger partial charge in [-0.05, 0) is 36.8 Å². The van der Waals surface area contributed by atoms with Crippen LogP contribution >= 0.6 is 0 Å². The highest BCUT2D eigenvalue weighted by molar-refractivity contribution is 7.90. The van der Waals surface area contributed by atoms with Gasteiger partial charge in [0.2, 0.25) is 0 Å². The first kappa shape index (κ1) is 22.5. The number of fused-ring (bicyclic) bond motifs is 1. The SMILES string of the molecule is CCOc1cccc(-c2nccc3c2cc(C(=O)O)n3CCS(=O)(=O)Cc2ccccc2)c1. The van der Waals surface area contributed by atoms with Crippen LogP contribution in [0.2, 0.25) is 0 Å². The van der Waals surface area contributed by atoms with Crippen LogP contribution < -0.4 is 4.74 Å². The molecule has 2 heterocycles. The van der Waals surface area contributed by atoms with Crippen molar-refractivity contribution in [3.8, 4) is 17.0 Å². The van der Waals surface area contributed by atoms with E-state index < -0.39 is 15.8 Å². The summed E-state index contributed by atoms with van der Waals surface area (Å²) in [4.78, 5) is 16.5. The van der Waals surface area contributed by atoms with Crippen LogP contribution in [0, 0.1) is 0 Å². The second kappa shape index (κ2) is 9.46. The first-order valence-corrected chi connectivity index (χ1v) is 12.4. The molecule has 4 rings (SSSR count). The molecule has 8 heteroatoms. The van der Waals surface area contributed by atoms with E-state index in [4.69, 9.17) is 4.74 Å². The quantitative estimate of drug-likeness (QED) is 0.394. The van der Waals surface area contributed by atoms with Gasteiger partial charge in [0.25, 0.3) is 0 Å². The lowest BCUT2D eigenvalue weighted by Gasteiger charge is -2.10. The van der Waals surface area contributed by atoms with Gasteiger partial charge in [0, 0.05) is 23.7 Å². The Labute approximate surface area is 192 Å². The molecule has 0 aliphatic heterocycles. The van der Waals surface area contributed by atoms with E-state index in [1.54, 1.807) is 42.6 Å². The number of rotatable bonds is 9. The molecule has 170 valence electrons. The Morgan fingerprint density at radius 2 is 1.85 bits per heavy atom. The van der Waals surface area contributed by atoms with Gasteiger partial charge in [-0.15, -0.1) is 0 Å². The maximum atomic E-state index is 12.7. The zero-order chi connectivity index (χ0) is 23.4. The molecule has 0 amide bonds. The largest absolute Gasteiger partial charge is 0.494 e. The Morgan fingerprint density at radius 1 is 1.06 bits per heavy atom. The van der Waals surface area contributed by atoms with Gasteiger partial charge >= 0.3 is 5.97 Å². The topological polar surface area (TPSA) is 98.5 Å². The highest BCUT2D eigenvalue weighted by Crippen LogP contribution is 2.31. The number of benzene rings is 2. The number of hydrogen-bond donors (Lipinski definition) is 1. The minimum absolute atomic E-state index is 0.0233. The second-order valence-corrected chi connectivity index (χ2v) is 9.80. The normalized spacial score (nSPS) is 11.5. The molecule has 0 saturated heterocycles. The number of aromatic carboxylic acids is 1. The van der Waals surface area contributed by atoms with Crippen molar-refractivity contribution in [3.05, 3.63) is 84.2 Å². The maximum Gasteiger partial charge on any atom is 0.352 e. The van der Waals surface area contributed by atoms with Crippen LogP contribution in [0.25, 0.3) is 22.2 Å². The van der Waals surface area contributed by atoms with Crippen LogP contribution in [0.5, 0.6) is 5.75 Å². The Balaban J connectivity index is 1.70. The average Bonchev–Trinajstić information content (AvgIpc) is 3.18. The number of carbonyl (C=O) groups is 1. The molecule has 2 aromatic carbocycles. The molecule has 0 fully saturated rings. The van der Waals surface area contributed by atoms with E-state index in [1.807, 2.05) is 37.3 Å². The number of aryl methyl sites for hydroxylation is 1. The highest BCUT2D eigenvalue weighted by Gasteiger charge is 2.20. The van der Waals surface area contributed by atoms with Crippen molar-refractivity contribution in [1.29, 1.82) is 0 Å². The van der Waals surface area contributed by atoms with Gasteiger partial charge in [-0.1, -0.05) is 42.5 Å². The summed E-state index contributed by atoms with van der Waals surface area (Å²) in [5.41, 5.74) is 2.75. The van der Waals surface area contributed by atoms with E-state index in [0.717, 1.165) is 5.56 Å². The van der Waals surface area contributed by atoms with Crippen LogP contribution in [0.3, 0.4) is 0 Å². The predicted molar refractivity (Wildman–Crippen MR) is 127 cm³/mol. The molecule has 0 aliphatic rings. The summed E-state index contributed by atoms with van der Waals surface area (Å²) < 4.78 is 32.5. The number of hydrogen-bond acceptors (Lipinski definition) is 5. The summed E-state index contributed by atoms with van der Waals surface area (Å²) in [6.07, 6.45) is 1.60. The van der Waals surface area contributed by atoms with Crippen molar-refractivity contribution < 1.29 is 23.1 Å². The van der Waals surface area contributed by atoms with E-state index in [-0.39, 0.29) is 23.7 Å². The number of carboxylic acids is 1. The van der Waals surface area contributed by atoms with Crippen LogP contribution in [-0.4, -0.2) is 41.4 Å². The van der Waals surface area contributed by atoms with Crippen LogP contribution in [0.1, 0.15) is 23.0 Å². The molecule has 1 N–H and O–H groups in total. The zero-order valence-corrected chi connectivity index (χ0v) is 19.0. The molecule has 2 aromatic heterocycles. The van der Waals surface area contributed by atoms with Crippen LogP contribution in [-0.2, 0) is 22.1 Å². The molecule has 7 nitrogen and oxygen atoms in total. The number of sulfone groups is 1. The van der Waals surface area contributed by atoms with Crippen molar-refractivity contribution in [2.24, 2.45) is 0 Å². The van der Waals surface area contributed by atoms with Gasteiger partial charge in [0.1, 0.15) is 11.4 Å². The lowest BCUT2D eigenvalue weighted by atomic mass is 10.1. The van der Waals surface area contributed by atoms with E-state index in [9.17, 15) is 18.3 Å². The van der Waals surface area contributed by atoms with Crippen molar-refractivity contribution in [2.45, 2.75) is 19.2 Å². The van der Waals surface area contributed by atoms with Gasteiger partial charge < -0.3 is 14.4 Å². The Bertz CT molecular complexity index is 1400. The number of nitrogens with zero attached hydrogens (tertiary/aromatic N) is 2. The fourth-order valence-electron chi connectivity index (χ4n) is 3.86. The van der Waals surface area contributed by atoms with Gasteiger partial charge in [-0.25, -0.2) is 13.2 Å². The molecular weight excluding hydrogens is 440 g/mol. The summed E-state index contributed by atoms with van der Waals surface area (Å²) in [6.45, 7) is 2.46. The molecule has 0 unspecified atom stereocenters. The van der Waals surface area contributed by atoms with E-state index >= 15 is 0 Å². The first-order chi connectivity index (χ1) is 15.9. The summed E-state index contributed by atoms with van der Waals surface area (Å²) in [6, 6.07) is 19.6. The van der Waals surface area contributed by atoms with Crippen molar-refractivity contribution in [3.63, 3.8) is 0 Å². The molecule has 0 bridgehead atoms. The molecule has 0 atom stereocenters. The van der Waals surface area contributed by atoms with E-state index in [2.05, 4.69) is 4.98 Å². The van der Waals surface area contributed by atoms with Gasteiger partial charge in [-0.2, -0.15) is 0 Å². The molecule has 4 aromatic rings. The monoisotopic (exact) mass is 464 g/mol. The molecular formula is C25H24N2O5S. The van der Waals surface area contributed by atoms with Crippen molar-refractivity contribution in [2.75, 3.05) is 12.4 Å². The van der Waals surface area contributed by atoms with Gasteiger partial charge in [0.15, 0.2) is 9.84 Å². The average molecular weight is 465 g/mol. The third kappa shape index (κ3) is 5.06. The highest BCUT2D eigenvalue weighted by atomic mass is 32.2. The number of carboxylic acid groups (broad SMARTS) is 1. The fourth-order valence-corrected chi connectivity index (χ4v) is 5.17. The van der Waals surface area contributed by atoms with Gasteiger partial charge in [0.05, 0.1) is 29.3 Å². The third-order valence-electron chi connectivity index (χ3n) is 5.32. The van der Waals surface area contributed by atoms with E-state index in [1.165, 1.54) is 4.57 Å². The Hall–Kier alpha value is -3.65. The van der Waals surface area contributed by atoms with Crippen molar-refractivity contribution >= 4 is 26.7 Å². The predicted octanol–water partition coefficient (Wildman–Crippen LogP) is 4.42. The second-order valence-electron chi connectivity index (χ2n) is 7.62. The summed E-state index contributed by atoms with van der Waals surface area (Å²) >= 11 is 0.